The average molecular weight is 695 g/mol. The second-order valence-electron chi connectivity index (χ2n) is 13.2. The Hall–Kier alpha value is -6.82. The van der Waals surface area contributed by atoms with E-state index < -0.39 is 0 Å². The fourth-order valence-corrected chi connectivity index (χ4v) is 7.91. The Balaban J connectivity index is 1.08. The van der Waals surface area contributed by atoms with Crippen LogP contribution in [0, 0.1) is 0 Å². The molecule has 2 heterocycles. The monoisotopic (exact) mass is 694 g/mol. The summed E-state index contributed by atoms with van der Waals surface area (Å²) in [5, 5.41) is 5.85. The molecular weight excluding hydrogens is 665 g/mol. The predicted molar refractivity (Wildman–Crippen MR) is 221 cm³/mol. The van der Waals surface area contributed by atoms with E-state index in [-0.39, 0.29) is 0 Å². The van der Waals surface area contributed by atoms with Crippen molar-refractivity contribution in [2.45, 2.75) is 0 Å². The molecule has 0 bridgehead atoms. The number of benzene rings is 8. The van der Waals surface area contributed by atoms with Crippen LogP contribution in [0.15, 0.2) is 182 Å². The van der Waals surface area contributed by atoms with Crippen LogP contribution >= 0.6 is 11.3 Å². The van der Waals surface area contributed by atoms with Gasteiger partial charge < -0.3 is 0 Å². The molecule has 0 unspecified atom stereocenters. The van der Waals surface area contributed by atoms with Crippen molar-refractivity contribution < 1.29 is 0 Å². The molecule has 0 amide bonds. The van der Waals surface area contributed by atoms with E-state index in [9.17, 15) is 0 Å². The summed E-state index contributed by atoms with van der Waals surface area (Å²) in [5.41, 5.74) is 9.36. The lowest BCUT2D eigenvalue weighted by Crippen LogP contribution is -2.00. The Morgan fingerprint density at radius 1 is 0.283 bits per heavy atom. The van der Waals surface area contributed by atoms with Gasteiger partial charge in [-0.1, -0.05) is 146 Å². The van der Waals surface area contributed by atoms with E-state index in [1.807, 2.05) is 6.07 Å². The summed E-state index contributed by atoms with van der Waals surface area (Å²) in [6.07, 6.45) is 0. The highest BCUT2D eigenvalue weighted by atomic mass is 32.1. The zero-order chi connectivity index (χ0) is 35.1. The molecule has 2 aromatic heterocycles. The van der Waals surface area contributed by atoms with Crippen LogP contribution in [-0.4, -0.2) is 19.9 Å². The van der Waals surface area contributed by atoms with Crippen molar-refractivity contribution >= 4 is 43.1 Å². The van der Waals surface area contributed by atoms with Gasteiger partial charge in [-0.15, -0.1) is 11.3 Å². The molecule has 0 fully saturated rings. The zero-order valence-electron chi connectivity index (χ0n) is 28.5. The van der Waals surface area contributed by atoms with Crippen molar-refractivity contribution in [1.29, 1.82) is 0 Å². The van der Waals surface area contributed by atoms with E-state index >= 15 is 0 Å². The molecule has 10 aromatic rings. The maximum atomic E-state index is 5.13. The summed E-state index contributed by atoms with van der Waals surface area (Å²) >= 11 is 1.70. The number of fused-ring (bicyclic) bond motifs is 3. The topological polar surface area (TPSA) is 51.6 Å². The Bertz CT molecular complexity index is 2790. The van der Waals surface area contributed by atoms with Gasteiger partial charge in [0.1, 0.15) is 5.01 Å². The van der Waals surface area contributed by atoms with E-state index in [1.54, 1.807) is 11.3 Å². The number of aromatic nitrogens is 4. The van der Waals surface area contributed by atoms with Gasteiger partial charge in [0.15, 0.2) is 17.5 Å². The molecule has 10 rings (SSSR count). The fraction of sp³-hybridized carbons (Fsp3) is 0. The third-order valence-corrected chi connectivity index (χ3v) is 10.8. The Labute approximate surface area is 310 Å². The van der Waals surface area contributed by atoms with Crippen molar-refractivity contribution in [3.05, 3.63) is 182 Å². The summed E-state index contributed by atoms with van der Waals surface area (Å²) in [7, 11) is 0. The van der Waals surface area contributed by atoms with Gasteiger partial charge in [0.25, 0.3) is 0 Å². The van der Waals surface area contributed by atoms with Crippen LogP contribution in [0.3, 0.4) is 0 Å². The Morgan fingerprint density at radius 3 is 1.28 bits per heavy atom. The Morgan fingerprint density at radius 2 is 0.717 bits per heavy atom. The van der Waals surface area contributed by atoms with Crippen LogP contribution in [0.4, 0.5) is 0 Å². The van der Waals surface area contributed by atoms with E-state index in [4.69, 9.17) is 19.9 Å². The van der Waals surface area contributed by atoms with Crippen LogP contribution in [0.2, 0.25) is 0 Å². The largest absolute Gasteiger partial charge is 0.236 e. The van der Waals surface area contributed by atoms with Crippen LogP contribution in [-0.2, 0) is 0 Å². The highest BCUT2D eigenvalue weighted by molar-refractivity contribution is 7.21. The van der Waals surface area contributed by atoms with Crippen LogP contribution in [0.5, 0.6) is 0 Å². The molecule has 0 aliphatic rings. The quantitative estimate of drug-likeness (QED) is 0.174. The van der Waals surface area contributed by atoms with Gasteiger partial charge in [0.2, 0.25) is 0 Å². The van der Waals surface area contributed by atoms with Crippen molar-refractivity contribution in [2.75, 3.05) is 0 Å². The third-order valence-electron chi connectivity index (χ3n) is 9.73. The van der Waals surface area contributed by atoms with Gasteiger partial charge in [0, 0.05) is 22.3 Å². The maximum absolute atomic E-state index is 5.13. The molecule has 0 saturated carbocycles. The molecule has 53 heavy (non-hydrogen) atoms. The number of thiazole rings is 1. The van der Waals surface area contributed by atoms with Crippen LogP contribution < -0.4 is 0 Å². The normalized spacial score (nSPS) is 11.4. The first-order chi connectivity index (χ1) is 26.2. The predicted octanol–water partition coefficient (Wildman–Crippen LogP) is 12.8. The SMILES string of the molecule is c1cc(-c2ccc3ccccc3c2)cc(-c2nc(-c3ccc(-c4nc5ccccc5s4)cc3)nc(-c3cccc(-c4ccc5ccccc5c4)c3)n2)c1. The standard InChI is InChI=1S/C48H30N4S/c1-3-11-35-27-39(25-19-31(35)9-1)37-13-7-15-41(29-37)46-50-45(33-21-23-34(24-22-33)48-49-43-17-5-6-18-44(43)53-48)51-47(52-46)42-16-8-14-38(30-42)40-26-20-32-10-2-4-12-36(32)28-40/h1-30H. The third kappa shape index (κ3) is 6.03. The second-order valence-corrected chi connectivity index (χ2v) is 14.2. The number of hydrogen-bond donors (Lipinski definition) is 0. The molecule has 248 valence electrons. The molecule has 0 spiro atoms. The van der Waals surface area contributed by atoms with Gasteiger partial charge in [-0.25, -0.2) is 19.9 Å². The first-order valence-electron chi connectivity index (χ1n) is 17.6. The van der Waals surface area contributed by atoms with E-state index in [0.29, 0.717) is 17.5 Å². The van der Waals surface area contributed by atoms with Crippen molar-refractivity contribution in [2.24, 2.45) is 0 Å². The van der Waals surface area contributed by atoms with E-state index in [0.717, 1.165) is 55.0 Å². The molecule has 0 aliphatic heterocycles. The molecule has 0 N–H and O–H groups in total. The highest BCUT2D eigenvalue weighted by Crippen LogP contribution is 2.34. The maximum Gasteiger partial charge on any atom is 0.164 e. The van der Waals surface area contributed by atoms with Crippen molar-refractivity contribution in [3.63, 3.8) is 0 Å². The number of hydrogen-bond acceptors (Lipinski definition) is 5. The molecule has 4 nitrogen and oxygen atoms in total. The first-order valence-corrected chi connectivity index (χ1v) is 18.4. The van der Waals surface area contributed by atoms with Crippen molar-refractivity contribution in [1.82, 2.24) is 19.9 Å². The van der Waals surface area contributed by atoms with E-state index in [1.165, 1.54) is 26.2 Å². The Kier molecular flexibility index (Phi) is 7.63. The number of rotatable bonds is 6. The summed E-state index contributed by atoms with van der Waals surface area (Å²) < 4.78 is 1.18. The summed E-state index contributed by atoms with van der Waals surface area (Å²) in [5.74, 6) is 1.87. The number of para-hydroxylation sites is 1. The van der Waals surface area contributed by atoms with Gasteiger partial charge in [-0.2, -0.15) is 0 Å². The molecule has 0 saturated heterocycles. The lowest BCUT2D eigenvalue weighted by atomic mass is 9.99. The van der Waals surface area contributed by atoms with Crippen LogP contribution in [0.25, 0.3) is 98.7 Å². The molecule has 0 atom stereocenters. The van der Waals surface area contributed by atoms with E-state index in [2.05, 4.69) is 176 Å². The summed E-state index contributed by atoms with van der Waals surface area (Å²) in [4.78, 5) is 20.2. The van der Waals surface area contributed by atoms with Gasteiger partial charge in [0.05, 0.1) is 10.2 Å². The molecule has 5 heteroatoms. The minimum atomic E-state index is 0.619. The summed E-state index contributed by atoms with van der Waals surface area (Å²) in [6.45, 7) is 0. The molecule has 0 aliphatic carbocycles. The molecular formula is C48H30N4S. The zero-order valence-corrected chi connectivity index (χ0v) is 29.3. The highest BCUT2D eigenvalue weighted by Gasteiger charge is 2.15. The minimum Gasteiger partial charge on any atom is -0.236 e. The minimum absolute atomic E-state index is 0.619. The number of nitrogens with zero attached hydrogens (tertiary/aromatic N) is 4. The van der Waals surface area contributed by atoms with Crippen molar-refractivity contribution in [3.8, 4) is 67.0 Å². The van der Waals surface area contributed by atoms with Gasteiger partial charge in [-0.3, -0.25) is 0 Å². The lowest BCUT2D eigenvalue weighted by molar-refractivity contribution is 1.07. The van der Waals surface area contributed by atoms with Gasteiger partial charge in [-0.05, 0) is 80.2 Å². The first kappa shape index (κ1) is 31.0. The average Bonchev–Trinajstić information content (AvgIpc) is 3.68. The molecule has 8 aromatic carbocycles. The summed E-state index contributed by atoms with van der Waals surface area (Å²) in [6, 6.07) is 63.7. The fourth-order valence-electron chi connectivity index (χ4n) is 6.93. The second kappa shape index (κ2) is 13.1. The smallest absolute Gasteiger partial charge is 0.164 e. The van der Waals surface area contributed by atoms with Crippen LogP contribution in [0.1, 0.15) is 0 Å². The lowest BCUT2D eigenvalue weighted by Gasteiger charge is -2.11. The molecule has 0 radical (unpaired) electrons. The van der Waals surface area contributed by atoms with Gasteiger partial charge >= 0.3 is 0 Å².